The first-order chi connectivity index (χ1) is 13.4. The van der Waals surface area contributed by atoms with Crippen molar-refractivity contribution in [2.75, 3.05) is 17.7 Å². The predicted molar refractivity (Wildman–Crippen MR) is 109 cm³/mol. The molecule has 0 aliphatic heterocycles. The second kappa shape index (κ2) is 7.91. The molecule has 1 aromatic heterocycles. The number of methoxy groups -OCH3 is 1. The van der Waals surface area contributed by atoms with Gasteiger partial charge >= 0.3 is 5.69 Å². The highest BCUT2D eigenvalue weighted by atomic mass is 16.6. The molecule has 8 heteroatoms. The Labute approximate surface area is 162 Å². The van der Waals surface area contributed by atoms with E-state index in [2.05, 4.69) is 20.6 Å². The van der Waals surface area contributed by atoms with Crippen LogP contribution in [0.3, 0.4) is 0 Å². The van der Waals surface area contributed by atoms with Gasteiger partial charge in [0.1, 0.15) is 11.4 Å². The Bertz CT molecular complexity index is 1040. The van der Waals surface area contributed by atoms with Crippen LogP contribution in [0.15, 0.2) is 42.5 Å². The van der Waals surface area contributed by atoms with Crippen LogP contribution in [0.25, 0.3) is 0 Å². The summed E-state index contributed by atoms with van der Waals surface area (Å²) in [6, 6.07) is 13.0. The zero-order valence-corrected chi connectivity index (χ0v) is 16.1. The third kappa shape index (κ3) is 3.85. The largest absolute Gasteiger partial charge is 0.495 e. The van der Waals surface area contributed by atoms with Crippen LogP contribution in [-0.2, 0) is 0 Å². The fourth-order valence-electron chi connectivity index (χ4n) is 2.81. The van der Waals surface area contributed by atoms with Crippen molar-refractivity contribution in [3.05, 3.63) is 69.4 Å². The topological polar surface area (TPSA) is 102 Å². The molecule has 0 aliphatic carbocycles. The van der Waals surface area contributed by atoms with Crippen molar-refractivity contribution in [2.45, 2.75) is 20.8 Å². The van der Waals surface area contributed by atoms with Crippen LogP contribution < -0.4 is 15.4 Å². The summed E-state index contributed by atoms with van der Waals surface area (Å²) in [6.45, 7) is 5.59. The SMILES string of the molecule is COc1ccccc1Nc1nc(Nc2cccc(C)c2C)nc(C)c1[N+](=O)[O-]. The van der Waals surface area contributed by atoms with Gasteiger partial charge in [0.05, 0.1) is 17.7 Å². The maximum atomic E-state index is 11.6. The minimum atomic E-state index is -0.491. The Morgan fingerprint density at radius 1 is 0.964 bits per heavy atom. The Kier molecular flexibility index (Phi) is 5.39. The summed E-state index contributed by atoms with van der Waals surface area (Å²) in [7, 11) is 1.54. The molecule has 2 N–H and O–H groups in total. The van der Waals surface area contributed by atoms with Crippen LogP contribution in [0, 0.1) is 30.9 Å². The lowest BCUT2D eigenvalue weighted by Crippen LogP contribution is -2.08. The van der Waals surface area contributed by atoms with Gasteiger partial charge in [-0.3, -0.25) is 10.1 Å². The number of anilines is 4. The summed E-state index contributed by atoms with van der Waals surface area (Å²) in [5, 5.41) is 17.8. The zero-order chi connectivity index (χ0) is 20.3. The molecule has 0 aliphatic rings. The van der Waals surface area contributed by atoms with E-state index in [9.17, 15) is 10.1 Å². The van der Waals surface area contributed by atoms with Crippen molar-refractivity contribution in [1.82, 2.24) is 9.97 Å². The smallest absolute Gasteiger partial charge is 0.332 e. The second-order valence-electron chi connectivity index (χ2n) is 6.28. The minimum Gasteiger partial charge on any atom is -0.495 e. The highest BCUT2D eigenvalue weighted by Gasteiger charge is 2.23. The summed E-state index contributed by atoms with van der Waals surface area (Å²) in [5.41, 5.74) is 3.67. The van der Waals surface area contributed by atoms with Gasteiger partial charge in [-0.15, -0.1) is 0 Å². The highest BCUT2D eigenvalue weighted by Crippen LogP contribution is 2.33. The lowest BCUT2D eigenvalue weighted by atomic mass is 10.1. The lowest BCUT2D eigenvalue weighted by molar-refractivity contribution is -0.385. The van der Waals surface area contributed by atoms with E-state index >= 15 is 0 Å². The molecular formula is C20H21N5O3. The summed E-state index contributed by atoms with van der Waals surface area (Å²) in [4.78, 5) is 19.7. The maximum absolute atomic E-state index is 11.6. The normalized spacial score (nSPS) is 10.4. The molecule has 3 aromatic rings. The number of para-hydroxylation sites is 2. The molecule has 28 heavy (non-hydrogen) atoms. The van der Waals surface area contributed by atoms with Gasteiger partial charge in [-0.25, -0.2) is 4.98 Å². The van der Waals surface area contributed by atoms with Crippen LogP contribution in [-0.4, -0.2) is 22.0 Å². The standard InChI is InChI=1S/C20H21N5O3/c1-12-8-7-10-15(13(12)2)23-20-21-14(3)18(25(26)27)19(24-20)22-16-9-5-6-11-17(16)28-4/h5-11H,1-4H3,(H2,21,22,23,24). The molecule has 2 aromatic carbocycles. The Hall–Kier alpha value is -3.68. The molecule has 1 heterocycles. The maximum Gasteiger partial charge on any atom is 0.332 e. The lowest BCUT2D eigenvalue weighted by Gasteiger charge is -2.14. The molecule has 0 fully saturated rings. The highest BCUT2D eigenvalue weighted by molar-refractivity contribution is 5.72. The second-order valence-corrected chi connectivity index (χ2v) is 6.28. The van der Waals surface area contributed by atoms with Gasteiger partial charge in [0.2, 0.25) is 11.8 Å². The Morgan fingerprint density at radius 2 is 1.68 bits per heavy atom. The molecule has 0 saturated heterocycles. The molecule has 0 spiro atoms. The Balaban J connectivity index is 2.05. The molecular weight excluding hydrogens is 358 g/mol. The zero-order valence-electron chi connectivity index (χ0n) is 16.1. The molecule has 0 radical (unpaired) electrons. The van der Waals surface area contributed by atoms with Crippen LogP contribution in [0.1, 0.15) is 16.8 Å². The molecule has 0 atom stereocenters. The van der Waals surface area contributed by atoms with Gasteiger partial charge in [0.25, 0.3) is 0 Å². The molecule has 8 nitrogen and oxygen atoms in total. The predicted octanol–water partition coefficient (Wildman–Crippen LogP) is 4.81. The number of nitro groups is 1. The third-order valence-corrected chi connectivity index (χ3v) is 4.45. The first-order valence-electron chi connectivity index (χ1n) is 8.67. The fourth-order valence-corrected chi connectivity index (χ4v) is 2.81. The summed E-state index contributed by atoms with van der Waals surface area (Å²) < 4.78 is 5.31. The molecule has 3 rings (SSSR count). The third-order valence-electron chi connectivity index (χ3n) is 4.45. The van der Waals surface area contributed by atoms with E-state index in [1.807, 2.05) is 38.1 Å². The van der Waals surface area contributed by atoms with Crippen molar-refractivity contribution in [3.8, 4) is 5.75 Å². The number of hydrogen-bond acceptors (Lipinski definition) is 7. The average molecular weight is 379 g/mol. The van der Waals surface area contributed by atoms with E-state index in [-0.39, 0.29) is 23.1 Å². The van der Waals surface area contributed by atoms with Crippen molar-refractivity contribution >= 4 is 28.8 Å². The molecule has 0 bridgehead atoms. The first-order valence-corrected chi connectivity index (χ1v) is 8.67. The van der Waals surface area contributed by atoms with E-state index in [0.29, 0.717) is 11.4 Å². The molecule has 0 amide bonds. The fraction of sp³-hybridized carbons (Fsp3) is 0.200. The van der Waals surface area contributed by atoms with Gasteiger partial charge < -0.3 is 15.4 Å². The van der Waals surface area contributed by atoms with E-state index < -0.39 is 4.92 Å². The van der Waals surface area contributed by atoms with Crippen molar-refractivity contribution in [2.24, 2.45) is 0 Å². The molecule has 0 unspecified atom stereocenters. The van der Waals surface area contributed by atoms with Crippen molar-refractivity contribution < 1.29 is 9.66 Å². The van der Waals surface area contributed by atoms with Gasteiger partial charge in [-0.05, 0) is 50.1 Å². The summed E-state index contributed by atoms with van der Waals surface area (Å²) in [5.74, 6) is 0.918. The van der Waals surface area contributed by atoms with Crippen molar-refractivity contribution in [3.63, 3.8) is 0 Å². The van der Waals surface area contributed by atoms with E-state index in [0.717, 1.165) is 16.8 Å². The minimum absolute atomic E-state index is 0.0924. The quantitative estimate of drug-likeness (QED) is 0.468. The number of nitrogens with one attached hydrogen (secondary N) is 2. The van der Waals surface area contributed by atoms with Gasteiger partial charge in [-0.2, -0.15) is 4.98 Å². The number of nitrogens with zero attached hydrogens (tertiary/aromatic N) is 3. The van der Waals surface area contributed by atoms with Gasteiger partial charge in [0.15, 0.2) is 0 Å². The van der Waals surface area contributed by atoms with Crippen LogP contribution in [0.2, 0.25) is 0 Å². The monoisotopic (exact) mass is 379 g/mol. The van der Waals surface area contributed by atoms with Crippen LogP contribution >= 0.6 is 0 Å². The summed E-state index contributed by atoms with van der Waals surface area (Å²) in [6.07, 6.45) is 0. The van der Waals surface area contributed by atoms with E-state index in [4.69, 9.17) is 4.74 Å². The van der Waals surface area contributed by atoms with Crippen LogP contribution in [0.4, 0.5) is 28.8 Å². The van der Waals surface area contributed by atoms with Gasteiger partial charge in [0, 0.05) is 5.69 Å². The van der Waals surface area contributed by atoms with E-state index in [1.54, 1.807) is 25.1 Å². The van der Waals surface area contributed by atoms with Crippen molar-refractivity contribution in [1.29, 1.82) is 0 Å². The Morgan fingerprint density at radius 3 is 2.39 bits per heavy atom. The first kappa shape index (κ1) is 19.1. The van der Waals surface area contributed by atoms with E-state index in [1.165, 1.54) is 7.11 Å². The summed E-state index contributed by atoms with van der Waals surface area (Å²) >= 11 is 0. The van der Waals surface area contributed by atoms with Crippen LogP contribution in [0.5, 0.6) is 5.75 Å². The number of ether oxygens (including phenoxy) is 1. The van der Waals surface area contributed by atoms with Gasteiger partial charge in [-0.1, -0.05) is 24.3 Å². The average Bonchev–Trinajstić information content (AvgIpc) is 2.65. The number of hydrogen-bond donors (Lipinski definition) is 2. The number of benzene rings is 2. The number of rotatable bonds is 6. The number of aromatic nitrogens is 2. The number of aryl methyl sites for hydroxylation is 2. The molecule has 144 valence electrons. The molecule has 0 saturated carbocycles.